The first-order chi connectivity index (χ1) is 12.2. The van der Waals surface area contributed by atoms with Gasteiger partial charge in [0, 0.05) is 5.56 Å². The molecule has 4 nitrogen and oxygen atoms in total. The summed E-state index contributed by atoms with van der Waals surface area (Å²) in [4.78, 5) is 24.5. The fraction of sp³-hybridized carbons (Fsp3) is 0.238. The van der Waals surface area contributed by atoms with Crippen LogP contribution >= 0.6 is 11.6 Å². The summed E-state index contributed by atoms with van der Waals surface area (Å²) in [5, 5.41) is 0.366. The van der Waals surface area contributed by atoms with Gasteiger partial charge >= 0.3 is 5.97 Å². The molecule has 0 saturated carbocycles. The molecule has 134 valence electrons. The monoisotopic (exact) mass is 370 g/mol. The minimum absolute atomic E-state index is 0.0101. The zero-order valence-corrected chi connectivity index (χ0v) is 15.8. The Labute approximate surface area is 156 Å². The number of carbonyl (C=O) groups is 1. The SMILES string of the molecule is Cc1c(OC(=O)c2ccc(C(C)(C)C)cc2)ccc2c(=O)c(Cl)coc12. The number of hydrogen-bond donors (Lipinski definition) is 0. The number of rotatable bonds is 2. The Morgan fingerprint density at radius 1 is 1.08 bits per heavy atom. The average Bonchev–Trinajstić information content (AvgIpc) is 2.60. The maximum atomic E-state index is 12.4. The van der Waals surface area contributed by atoms with Crippen LogP contribution in [0.2, 0.25) is 5.02 Å². The summed E-state index contributed by atoms with van der Waals surface area (Å²) in [6, 6.07) is 10.5. The number of benzene rings is 2. The minimum Gasteiger partial charge on any atom is -0.462 e. The maximum Gasteiger partial charge on any atom is 0.343 e. The average molecular weight is 371 g/mol. The Morgan fingerprint density at radius 2 is 1.73 bits per heavy atom. The number of hydrogen-bond acceptors (Lipinski definition) is 4. The molecule has 0 aliphatic rings. The molecule has 0 atom stereocenters. The first kappa shape index (κ1) is 18.2. The normalized spacial score (nSPS) is 11.6. The van der Waals surface area contributed by atoms with Crippen molar-refractivity contribution in [2.45, 2.75) is 33.1 Å². The molecule has 3 rings (SSSR count). The number of esters is 1. The van der Waals surface area contributed by atoms with Gasteiger partial charge in [-0.05, 0) is 42.2 Å². The van der Waals surface area contributed by atoms with Gasteiger partial charge in [-0.15, -0.1) is 0 Å². The summed E-state index contributed by atoms with van der Waals surface area (Å²) in [5.74, 6) is -0.128. The molecule has 0 radical (unpaired) electrons. The highest BCUT2D eigenvalue weighted by Crippen LogP contribution is 2.28. The summed E-state index contributed by atoms with van der Waals surface area (Å²) in [7, 11) is 0. The van der Waals surface area contributed by atoms with E-state index in [9.17, 15) is 9.59 Å². The minimum atomic E-state index is -0.468. The molecule has 26 heavy (non-hydrogen) atoms. The van der Waals surface area contributed by atoms with Crippen molar-refractivity contribution in [2.24, 2.45) is 0 Å². The molecule has 0 N–H and O–H groups in total. The van der Waals surface area contributed by atoms with Gasteiger partial charge in [0.25, 0.3) is 0 Å². The Kier molecular flexibility index (Phi) is 4.63. The number of aryl methyl sites for hydroxylation is 1. The highest BCUT2D eigenvalue weighted by Gasteiger charge is 2.17. The number of ether oxygens (including phenoxy) is 1. The van der Waals surface area contributed by atoms with Gasteiger partial charge in [0.15, 0.2) is 0 Å². The molecule has 0 unspecified atom stereocenters. The second kappa shape index (κ2) is 6.61. The molecule has 2 aromatic carbocycles. The van der Waals surface area contributed by atoms with Crippen LogP contribution in [0.25, 0.3) is 11.0 Å². The van der Waals surface area contributed by atoms with Crippen LogP contribution < -0.4 is 10.2 Å². The molecule has 3 aromatic rings. The predicted molar refractivity (Wildman–Crippen MR) is 102 cm³/mol. The van der Waals surface area contributed by atoms with Gasteiger partial charge < -0.3 is 9.15 Å². The van der Waals surface area contributed by atoms with Crippen molar-refractivity contribution in [2.75, 3.05) is 0 Å². The van der Waals surface area contributed by atoms with Crippen LogP contribution in [0.5, 0.6) is 5.75 Å². The van der Waals surface area contributed by atoms with Crippen molar-refractivity contribution in [1.29, 1.82) is 0 Å². The van der Waals surface area contributed by atoms with Crippen LogP contribution in [0, 0.1) is 6.92 Å². The molecule has 5 heteroatoms. The number of halogens is 1. The van der Waals surface area contributed by atoms with Crippen molar-refractivity contribution in [3.8, 4) is 5.75 Å². The zero-order valence-electron chi connectivity index (χ0n) is 15.1. The topological polar surface area (TPSA) is 56.5 Å². The van der Waals surface area contributed by atoms with E-state index >= 15 is 0 Å². The smallest absolute Gasteiger partial charge is 0.343 e. The third-order valence-corrected chi connectivity index (χ3v) is 4.55. The molecular formula is C21H19ClO4. The Morgan fingerprint density at radius 3 is 2.35 bits per heavy atom. The van der Waals surface area contributed by atoms with E-state index in [2.05, 4.69) is 20.8 Å². The van der Waals surface area contributed by atoms with E-state index in [1.807, 2.05) is 12.1 Å². The number of fused-ring (bicyclic) bond motifs is 1. The maximum absolute atomic E-state index is 12.4. The van der Waals surface area contributed by atoms with E-state index in [0.29, 0.717) is 27.8 Å². The van der Waals surface area contributed by atoms with E-state index in [0.717, 1.165) is 5.56 Å². The van der Waals surface area contributed by atoms with E-state index in [1.165, 1.54) is 6.26 Å². The zero-order chi connectivity index (χ0) is 19.1. The van der Waals surface area contributed by atoms with Crippen LogP contribution in [-0.4, -0.2) is 5.97 Å². The molecule has 0 aliphatic heterocycles. The fourth-order valence-corrected chi connectivity index (χ4v) is 2.82. The first-order valence-electron chi connectivity index (χ1n) is 8.22. The van der Waals surface area contributed by atoms with E-state index in [-0.39, 0.29) is 15.9 Å². The van der Waals surface area contributed by atoms with Gasteiger partial charge in [0.2, 0.25) is 5.43 Å². The van der Waals surface area contributed by atoms with Crippen LogP contribution in [0.15, 0.2) is 51.9 Å². The summed E-state index contributed by atoms with van der Waals surface area (Å²) in [5.41, 5.74) is 2.20. The summed E-state index contributed by atoms with van der Waals surface area (Å²) >= 11 is 5.80. The van der Waals surface area contributed by atoms with E-state index in [1.54, 1.807) is 31.2 Å². The van der Waals surface area contributed by atoms with Crippen LogP contribution in [0.4, 0.5) is 0 Å². The molecular weight excluding hydrogens is 352 g/mol. The molecule has 0 saturated heterocycles. The molecule has 0 amide bonds. The third kappa shape index (κ3) is 3.37. The van der Waals surface area contributed by atoms with Crippen molar-refractivity contribution >= 4 is 28.5 Å². The lowest BCUT2D eigenvalue weighted by Gasteiger charge is -2.19. The highest BCUT2D eigenvalue weighted by molar-refractivity contribution is 6.30. The van der Waals surface area contributed by atoms with Crippen molar-refractivity contribution in [3.05, 3.63) is 74.6 Å². The third-order valence-electron chi connectivity index (χ3n) is 4.29. The van der Waals surface area contributed by atoms with Crippen molar-refractivity contribution < 1.29 is 13.9 Å². The van der Waals surface area contributed by atoms with Crippen LogP contribution in [-0.2, 0) is 5.41 Å². The summed E-state index contributed by atoms with van der Waals surface area (Å²) in [6.45, 7) is 8.06. The van der Waals surface area contributed by atoms with Gasteiger partial charge in [-0.25, -0.2) is 4.79 Å². The standard InChI is InChI=1S/C21H19ClO4/c1-12-17(10-9-15-18(23)16(22)11-25-19(12)15)26-20(24)13-5-7-14(8-6-13)21(2,3)4/h5-11H,1-4H3. The lowest BCUT2D eigenvalue weighted by atomic mass is 9.87. The molecule has 0 bridgehead atoms. The fourth-order valence-electron chi connectivity index (χ4n) is 2.67. The molecule has 1 heterocycles. The highest BCUT2D eigenvalue weighted by atomic mass is 35.5. The number of carbonyl (C=O) groups excluding carboxylic acids is 1. The van der Waals surface area contributed by atoms with Crippen LogP contribution in [0.1, 0.15) is 42.3 Å². The predicted octanol–water partition coefficient (Wildman–Crippen LogP) is 5.27. The Balaban J connectivity index is 1.91. The van der Waals surface area contributed by atoms with Gasteiger partial charge in [-0.3, -0.25) is 4.79 Å². The van der Waals surface area contributed by atoms with Gasteiger partial charge in [0.1, 0.15) is 22.6 Å². The summed E-state index contributed by atoms with van der Waals surface area (Å²) in [6.07, 6.45) is 1.19. The molecule has 1 aromatic heterocycles. The Hall–Kier alpha value is -2.59. The van der Waals surface area contributed by atoms with Gasteiger partial charge in [0.05, 0.1) is 10.9 Å². The van der Waals surface area contributed by atoms with Gasteiger partial charge in [-0.1, -0.05) is 44.5 Å². The molecule has 0 fully saturated rings. The molecule has 0 spiro atoms. The van der Waals surface area contributed by atoms with E-state index in [4.69, 9.17) is 20.8 Å². The quantitative estimate of drug-likeness (QED) is 0.455. The van der Waals surface area contributed by atoms with Gasteiger partial charge in [-0.2, -0.15) is 0 Å². The van der Waals surface area contributed by atoms with Crippen molar-refractivity contribution in [3.63, 3.8) is 0 Å². The Bertz CT molecular complexity index is 1040. The first-order valence-corrected chi connectivity index (χ1v) is 8.59. The van der Waals surface area contributed by atoms with Crippen LogP contribution in [0.3, 0.4) is 0 Å². The van der Waals surface area contributed by atoms with E-state index < -0.39 is 5.97 Å². The molecule has 0 aliphatic carbocycles. The van der Waals surface area contributed by atoms with Crippen molar-refractivity contribution in [1.82, 2.24) is 0 Å². The lowest BCUT2D eigenvalue weighted by molar-refractivity contribution is 0.0733. The lowest BCUT2D eigenvalue weighted by Crippen LogP contribution is -2.13. The largest absolute Gasteiger partial charge is 0.462 e. The second-order valence-corrected chi connectivity index (χ2v) is 7.60. The summed E-state index contributed by atoms with van der Waals surface area (Å²) < 4.78 is 10.9. The second-order valence-electron chi connectivity index (χ2n) is 7.20.